The molecule has 7 heteroatoms. The van der Waals surface area contributed by atoms with E-state index in [-0.39, 0.29) is 12.5 Å². The number of fused-ring (bicyclic) bond motifs is 2. The normalized spacial score (nSPS) is 11.7. The van der Waals surface area contributed by atoms with Crippen LogP contribution in [0.3, 0.4) is 0 Å². The predicted molar refractivity (Wildman–Crippen MR) is 155 cm³/mol. The number of nitrogens with one attached hydrogen (secondary N) is 1. The summed E-state index contributed by atoms with van der Waals surface area (Å²) in [6.07, 6.45) is 2.85. The van der Waals surface area contributed by atoms with Crippen LogP contribution in [0.1, 0.15) is 27.0 Å². The molecule has 0 aromatic heterocycles. The van der Waals surface area contributed by atoms with Gasteiger partial charge < -0.3 is 0 Å². The van der Waals surface area contributed by atoms with Crippen LogP contribution in [0.25, 0.3) is 21.5 Å². The Morgan fingerprint density at radius 2 is 1.42 bits per heavy atom. The van der Waals surface area contributed by atoms with E-state index < -0.39 is 10.0 Å². The highest BCUT2D eigenvalue weighted by Crippen LogP contribution is 2.27. The molecule has 0 saturated carbocycles. The van der Waals surface area contributed by atoms with Crippen molar-refractivity contribution in [2.24, 2.45) is 5.10 Å². The van der Waals surface area contributed by atoms with E-state index in [1.807, 2.05) is 67.6 Å². The first-order chi connectivity index (χ1) is 18.3. The fraction of sp³-hybridized carbons (Fsp3) is 0.0968. The summed E-state index contributed by atoms with van der Waals surface area (Å²) in [5, 5.41) is 8.53. The molecule has 1 amide bonds. The molecule has 0 unspecified atom stereocenters. The largest absolute Gasteiger partial charge is 0.271 e. The fourth-order valence-corrected chi connectivity index (χ4v) is 5.41. The van der Waals surface area contributed by atoms with Gasteiger partial charge >= 0.3 is 0 Å². The average Bonchev–Trinajstić information content (AvgIpc) is 2.91. The molecule has 5 rings (SSSR count). The van der Waals surface area contributed by atoms with Crippen molar-refractivity contribution in [3.8, 4) is 0 Å². The number of amides is 1. The van der Waals surface area contributed by atoms with Crippen molar-refractivity contribution in [3.63, 3.8) is 0 Å². The third-order valence-electron chi connectivity index (χ3n) is 6.57. The number of carbonyl (C=O) groups is 1. The van der Waals surface area contributed by atoms with Crippen LogP contribution >= 0.6 is 0 Å². The van der Waals surface area contributed by atoms with E-state index in [4.69, 9.17) is 0 Å². The molecule has 1 N–H and O–H groups in total. The van der Waals surface area contributed by atoms with Crippen LogP contribution < -0.4 is 9.73 Å². The topological polar surface area (TPSA) is 78.8 Å². The van der Waals surface area contributed by atoms with Crippen LogP contribution in [-0.4, -0.2) is 26.8 Å². The lowest BCUT2D eigenvalue weighted by Crippen LogP contribution is -2.29. The minimum absolute atomic E-state index is 0.209. The molecule has 0 radical (unpaired) electrons. The van der Waals surface area contributed by atoms with E-state index in [0.29, 0.717) is 11.3 Å². The van der Waals surface area contributed by atoms with Gasteiger partial charge in [-0.1, -0.05) is 72.8 Å². The summed E-state index contributed by atoms with van der Waals surface area (Å²) >= 11 is 0. The molecule has 0 heterocycles. The lowest BCUT2D eigenvalue weighted by molar-refractivity contribution is 0.0955. The Bertz CT molecular complexity index is 1720. The Morgan fingerprint density at radius 3 is 2.03 bits per heavy atom. The zero-order valence-corrected chi connectivity index (χ0v) is 21.9. The van der Waals surface area contributed by atoms with E-state index in [1.165, 1.54) is 10.6 Å². The zero-order valence-electron chi connectivity index (χ0n) is 21.1. The van der Waals surface area contributed by atoms with Gasteiger partial charge in [0, 0.05) is 11.1 Å². The summed E-state index contributed by atoms with van der Waals surface area (Å²) < 4.78 is 26.4. The van der Waals surface area contributed by atoms with Crippen molar-refractivity contribution in [3.05, 3.63) is 125 Å². The molecule has 0 aliphatic heterocycles. The molecule has 38 heavy (non-hydrogen) atoms. The van der Waals surface area contributed by atoms with Crippen molar-refractivity contribution in [2.45, 2.75) is 13.5 Å². The van der Waals surface area contributed by atoms with Gasteiger partial charge in [-0.15, -0.1) is 0 Å². The predicted octanol–water partition coefficient (Wildman–Crippen LogP) is 6.03. The Labute approximate surface area is 222 Å². The maximum absolute atomic E-state index is 12.8. The van der Waals surface area contributed by atoms with Gasteiger partial charge in [0.15, 0.2) is 0 Å². The number of sulfonamides is 1. The Morgan fingerprint density at radius 1 is 0.842 bits per heavy atom. The van der Waals surface area contributed by atoms with Crippen LogP contribution in [0.4, 0.5) is 5.69 Å². The minimum Gasteiger partial charge on any atom is -0.267 e. The number of carbonyl (C=O) groups excluding carboxylic acids is 1. The number of rotatable bonds is 7. The van der Waals surface area contributed by atoms with Gasteiger partial charge in [0.05, 0.1) is 24.7 Å². The molecule has 5 aromatic rings. The zero-order chi connectivity index (χ0) is 26.7. The van der Waals surface area contributed by atoms with E-state index in [1.54, 1.807) is 30.5 Å². The number of aryl methyl sites for hydroxylation is 1. The van der Waals surface area contributed by atoms with Crippen molar-refractivity contribution in [1.82, 2.24) is 5.43 Å². The maximum Gasteiger partial charge on any atom is 0.271 e. The minimum atomic E-state index is -3.54. The number of benzene rings is 5. The molecule has 0 bridgehead atoms. The maximum atomic E-state index is 12.8. The molecule has 0 atom stereocenters. The second-order valence-electron chi connectivity index (χ2n) is 9.17. The molecule has 5 aromatic carbocycles. The van der Waals surface area contributed by atoms with Gasteiger partial charge in [-0.3, -0.25) is 9.10 Å². The first-order valence-corrected chi connectivity index (χ1v) is 14.0. The van der Waals surface area contributed by atoms with Crippen LogP contribution in [0.2, 0.25) is 0 Å². The third-order valence-corrected chi connectivity index (χ3v) is 7.71. The fourth-order valence-electron chi connectivity index (χ4n) is 4.53. The first-order valence-electron chi connectivity index (χ1n) is 12.2. The molecule has 0 aliphatic rings. The van der Waals surface area contributed by atoms with Crippen LogP contribution in [-0.2, 0) is 16.6 Å². The number of hydrazone groups is 1. The highest BCUT2D eigenvalue weighted by atomic mass is 32.2. The van der Waals surface area contributed by atoms with Gasteiger partial charge in [0.2, 0.25) is 10.0 Å². The van der Waals surface area contributed by atoms with Gasteiger partial charge in [0.1, 0.15) is 0 Å². The Balaban J connectivity index is 1.36. The van der Waals surface area contributed by atoms with E-state index in [0.717, 1.165) is 38.2 Å². The summed E-state index contributed by atoms with van der Waals surface area (Å²) in [6, 6.07) is 32.4. The molecule has 0 saturated heterocycles. The molecule has 6 nitrogen and oxygen atoms in total. The van der Waals surface area contributed by atoms with Crippen LogP contribution in [0.5, 0.6) is 0 Å². The van der Waals surface area contributed by atoms with Gasteiger partial charge in [0.25, 0.3) is 5.91 Å². The van der Waals surface area contributed by atoms with E-state index in [9.17, 15) is 13.2 Å². The van der Waals surface area contributed by atoms with E-state index >= 15 is 0 Å². The number of hydrogen-bond donors (Lipinski definition) is 1. The number of hydrogen-bond acceptors (Lipinski definition) is 4. The van der Waals surface area contributed by atoms with Crippen molar-refractivity contribution < 1.29 is 13.2 Å². The molecular formula is C31H27N3O3S. The lowest BCUT2D eigenvalue weighted by atomic mass is 9.97. The molecule has 0 fully saturated rings. The van der Waals surface area contributed by atoms with Crippen LogP contribution in [0.15, 0.2) is 108 Å². The van der Waals surface area contributed by atoms with Gasteiger partial charge in [-0.2, -0.15) is 5.10 Å². The SMILES string of the molecule is Cc1ccccc1CN(c1ccc(C(=O)N/N=C\c2c3ccccc3cc3ccccc23)cc1)S(C)(=O)=O. The smallest absolute Gasteiger partial charge is 0.267 e. The lowest BCUT2D eigenvalue weighted by Gasteiger charge is -2.23. The van der Waals surface area contributed by atoms with Gasteiger partial charge in [-0.25, -0.2) is 13.8 Å². The van der Waals surface area contributed by atoms with Crippen molar-refractivity contribution in [2.75, 3.05) is 10.6 Å². The highest BCUT2D eigenvalue weighted by molar-refractivity contribution is 7.92. The summed E-state index contributed by atoms with van der Waals surface area (Å²) in [5.41, 5.74) is 6.30. The molecule has 190 valence electrons. The molecular weight excluding hydrogens is 494 g/mol. The summed E-state index contributed by atoms with van der Waals surface area (Å²) in [5.74, 6) is -0.387. The number of nitrogens with zero attached hydrogens (tertiary/aromatic N) is 2. The quantitative estimate of drug-likeness (QED) is 0.161. The second-order valence-corrected chi connectivity index (χ2v) is 11.1. The monoisotopic (exact) mass is 521 g/mol. The summed E-state index contributed by atoms with van der Waals surface area (Å²) in [4.78, 5) is 12.8. The standard InChI is InChI=1S/C31H27N3O3S/c1-22-9-3-4-12-26(22)21-34(38(2,36)37)27-17-15-23(16-18-27)31(35)33-32-20-30-28-13-7-5-10-24(28)19-25-11-6-8-14-29(25)30/h3-20H,21H2,1-2H3,(H,33,35)/b32-20-. The molecule has 0 spiro atoms. The average molecular weight is 522 g/mol. The first kappa shape index (κ1) is 25.2. The molecule has 0 aliphatic carbocycles. The summed E-state index contributed by atoms with van der Waals surface area (Å²) in [6.45, 7) is 2.16. The van der Waals surface area contributed by atoms with Crippen molar-refractivity contribution >= 4 is 49.4 Å². The Hall–Kier alpha value is -4.49. The van der Waals surface area contributed by atoms with Crippen LogP contribution in [0, 0.1) is 6.92 Å². The highest BCUT2D eigenvalue weighted by Gasteiger charge is 2.19. The Kier molecular flexibility index (Phi) is 6.94. The number of anilines is 1. The summed E-state index contributed by atoms with van der Waals surface area (Å²) in [7, 11) is -3.54. The second kappa shape index (κ2) is 10.5. The van der Waals surface area contributed by atoms with Crippen molar-refractivity contribution in [1.29, 1.82) is 0 Å². The third kappa shape index (κ3) is 5.28. The van der Waals surface area contributed by atoms with Gasteiger partial charge in [-0.05, 0) is 69.9 Å². The van der Waals surface area contributed by atoms with E-state index in [2.05, 4.69) is 28.7 Å².